The molecule has 4 bridgehead atoms. The molecule has 1 aromatic rings. The summed E-state index contributed by atoms with van der Waals surface area (Å²) in [5.41, 5.74) is 0. The largest absolute Gasteiger partial charge is 0.309 e. The molecule has 0 atom stereocenters. The van der Waals surface area contributed by atoms with E-state index in [0.29, 0.717) is 0 Å². The molecule has 0 amide bonds. The van der Waals surface area contributed by atoms with Crippen LogP contribution in [0.3, 0.4) is 0 Å². The van der Waals surface area contributed by atoms with Crippen molar-refractivity contribution in [2.24, 2.45) is 23.7 Å². The van der Waals surface area contributed by atoms with Gasteiger partial charge in [0.25, 0.3) is 0 Å². The zero-order valence-electron chi connectivity index (χ0n) is 10.9. The Morgan fingerprint density at radius 3 is 2.32 bits per heavy atom. The fraction of sp³-hybridized carbons (Fsp3) is 0.733. The fourth-order valence-electron chi connectivity index (χ4n) is 4.96. The van der Waals surface area contributed by atoms with Crippen molar-refractivity contribution in [3.8, 4) is 0 Å². The molecule has 19 heavy (non-hydrogen) atoms. The van der Waals surface area contributed by atoms with Gasteiger partial charge in [-0.25, -0.2) is 0 Å². The Morgan fingerprint density at radius 1 is 1.16 bits per heavy atom. The maximum atomic E-state index is 6.12. The van der Waals surface area contributed by atoms with E-state index in [9.17, 15) is 0 Å². The summed E-state index contributed by atoms with van der Waals surface area (Å²) < 4.78 is 1.92. The van der Waals surface area contributed by atoms with Crippen molar-refractivity contribution in [2.45, 2.75) is 44.7 Å². The summed E-state index contributed by atoms with van der Waals surface area (Å²) in [7, 11) is 0. The maximum absolute atomic E-state index is 6.12. The first kappa shape index (κ1) is 13.1. The van der Waals surface area contributed by atoms with Crippen LogP contribution in [0.1, 0.15) is 37.0 Å². The molecular weight excluding hydrogens is 342 g/mol. The number of halogens is 2. The van der Waals surface area contributed by atoms with Crippen LogP contribution in [0.15, 0.2) is 10.5 Å². The third-order valence-corrected chi connectivity index (χ3v) is 7.91. The zero-order valence-corrected chi connectivity index (χ0v) is 14.0. The minimum atomic E-state index is 0.771. The highest BCUT2D eigenvalue weighted by Crippen LogP contribution is 2.53. The van der Waals surface area contributed by atoms with E-state index in [2.05, 4.69) is 27.3 Å². The van der Waals surface area contributed by atoms with E-state index in [1.54, 1.807) is 11.3 Å². The van der Waals surface area contributed by atoms with Gasteiger partial charge in [-0.15, -0.1) is 11.3 Å². The Balaban J connectivity index is 1.43. The number of hydrogen-bond acceptors (Lipinski definition) is 2. The minimum Gasteiger partial charge on any atom is -0.309 e. The summed E-state index contributed by atoms with van der Waals surface area (Å²) in [6, 6.07) is 2.93. The lowest BCUT2D eigenvalue weighted by Gasteiger charge is -2.54. The molecule has 1 heterocycles. The molecule has 0 spiro atoms. The highest BCUT2D eigenvalue weighted by Gasteiger charge is 2.47. The van der Waals surface area contributed by atoms with E-state index in [4.69, 9.17) is 11.6 Å². The number of rotatable bonds is 3. The Kier molecular flexibility index (Phi) is 3.46. The van der Waals surface area contributed by atoms with Crippen molar-refractivity contribution >= 4 is 38.9 Å². The van der Waals surface area contributed by atoms with E-state index in [1.165, 1.54) is 37.0 Å². The Bertz CT molecular complexity index is 439. The second-order valence-corrected chi connectivity index (χ2v) is 9.26. The van der Waals surface area contributed by atoms with Gasteiger partial charge in [-0.2, -0.15) is 0 Å². The standard InChI is InChI=1S/C15H19BrClNS/c16-13-6-12(19-15(13)17)7-18-14-10-2-8-1-9(4-10)5-11(14)3-8/h6,8-11,14,18H,1-5,7H2. The molecule has 4 aliphatic carbocycles. The molecule has 0 aliphatic heterocycles. The summed E-state index contributed by atoms with van der Waals surface area (Å²) >= 11 is 11.3. The molecule has 4 fully saturated rings. The van der Waals surface area contributed by atoms with Crippen molar-refractivity contribution < 1.29 is 0 Å². The maximum Gasteiger partial charge on any atom is 0.107 e. The van der Waals surface area contributed by atoms with Gasteiger partial charge in [0.1, 0.15) is 4.34 Å². The van der Waals surface area contributed by atoms with Gasteiger partial charge < -0.3 is 5.32 Å². The molecule has 0 aromatic carbocycles. The lowest BCUT2D eigenvalue weighted by atomic mass is 9.54. The lowest BCUT2D eigenvalue weighted by molar-refractivity contribution is -0.0141. The van der Waals surface area contributed by atoms with E-state index < -0.39 is 0 Å². The van der Waals surface area contributed by atoms with Crippen LogP contribution in [0.25, 0.3) is 0 Å². The van der Waals surface area contributed by atoms with Crippen molar-refractivity contribution in [2.75, 3.05) is 0 Å². The second-order valence-electron chi connectivity index (χ2n) is 6.67. The van der Waals surface area contributed by atoms with Crippen molar-refractivity contribution in [3.05, 3.63) is 19.8 Å². The van der Waals surface area contributed by atoms with E-state index in [0.717, 1.165) is 45.1 Å². The van der Waals surface area contributed by atoms with Gasteiger partial charge in [-0.1, -0.05) is 11.6 Å². The van der Waals surface area contributed by atoms with Crippen LogP contribution in [0, 0.1) is 23.7 Å². The van der Waals surface area contributed by atoms with Crippen molar-refractivity contribution in [1.29, 1.82) is 0 Å². The monoisotopic (exact) mass is 359 g/mol. The Morgan fingerprint density at radius 2 is 1.79 bits per heavy atom. The van der Waals surface area contributed by atoms with Gasteiger partial charge >= 0.3 is 0 Å². The quantitative estimate of drug-likeness (QED) is 0.792. The smallest absolute Gasteiger partial charge is 0.107 e. The lowest BCUT2D eigenvalue weighted by Crippen LogP contribution is -2.54. The summed E-state index contributed by atoms with van der Waals surface area (Å²) in [6.07, 6.45) is 7.48. The van der Waals surface area contributed by atoms with Gasteiger partial charge in [-0.05, 0) is 77.8 Å². The van der Waals surface area contributed by atoms with Crippen LogP contribution in [-0.4, -0.2) is 6.04 Å². The summed E-state index contributed by atoms with van der Waals surface area (Å²) in [5.74, 6) is 4.03. The van der Waals surface area contributed by atoms with Gasteiger partial charge in [0.05, 0.1) is 0 Å². The highest BCUT2D eigenvalue weighted by molar-refractivity contribution is 9.10. The highest BCUT2D eigenvalue weighted by atomic mass is 79.9. The molecule has 0 radical (unpaired) electrons. The van der Waals surface area contributed by atoms with Gasteiger partial charge in [-0.3, -0.25) is 0 Å². The Hall–Kier alpha value is 0.430. The van der Waals surface area contributed by atoms with Crippen LogP contribution in [-0.2, 0) is 6.54 Å². The summed E-state index contributed by atoms with van der Waals surface area (Å²) in [6.45, 7) is 0.989. The molecule has 4 aliphatic rings. The van der Waals surface area contributed by atoms with Crippen molar-refractivity contribution in [3.63, 3.8) is 0 Å². The van der Waals surface area contributed by atoms with Gasteiger partial charge in [0, 0.05) is 21.9 Å². The Labute approximate surface area is 132 Å². The number of nitrogens with one attached hydrogen (secondary N) is 1. The first-order chi connectivity index (χ1) is 9.19. The fourth-order valence-corrected chi connectivity index (χ4v) is 6.70. The third kappa shape index (κ3) is 2.41. The first-order valence-corrected chi connectivity index (χ1v) is 9.35. The average molecular weight is 361 g/mol. The van der Waals surface area contributed by atoms with Crippen LogP contribution in [0.4, 0.5) is 0 Å². The van der Waals surface area contributed by atoms with Crippen LogP contribution in [0.2, 0.25) is 4.34 Å². The van der Waals surface area contributed by atoms with E-state index in [-0.39, 0.29) is 0 Å². The zero-order chi connectivity index (χ0) is 13.0. The molecular formula is C15H19BrClNS. The number of hydrogen-bond donors (Lipinski definition) is 1. The normalized spacial score (nSPS) is 40.0. The van der Waals surface area contributed by atoms with Crippen molar-refractivity contribution in [1.82, 2.24) is 5.32 Å². The molecule has 0 unspecified atom stereocenters. The predicted octanol–water partition coefficient (Wildman–Crippen LogP) is 5.08. The first-order valence-electron chi connectivity index (χ1n) is 7.36. The molecule has 1 nitrogen and oxygen atoms in total. The topological polar surface area (TPSA) is 12.0 Å². The number of thiophene rings is 1. The van der Waals surface area contributed by atoms with Gasteiger partial charge in [0.15, 0.2) is 0 Å². The van der Waals surface area contributed by atoms with Crippen LogP contribution >= 0.6 is 38.9 Å². The SMILES string of the molecule is Clc1sc(CNC2C3CC4CC(C3)CC2C4)cc1Br. The molecule has 0 saturated heterocycles. The van der Waals surface area contributed by atoms with E-state index >= 15 is 0 Å². The van der Waals surface area contributed by atoms with Gasteiger partial charge in [0.2, 0.25) is 0 Å². The summed E-state index contributed by atoms with van der Waals surface area (Å²) in [4.78, 5) is 1.35. The molecule has 4 heteroatoms. The molecule has 4 saturated carbocycles. The van der Waals surface area contributed by atoms with E-state index in [1.807, 2.05) is 0 Å². The second kappa shape index (κ2) is 5.01. The predicted molar refractivity (Wildman–Crippen MR) is 84.7 cm³/mol. The molecule has 1 N–H and O–H groups in total. The molecule has 104 valence electrons. The van der Waals surface area contributed by atoms with Crippen LogP contribution < -0.4 is 5.32 Å². The van der Waals surface area contributed by atoms with Crippen LogP contribution in [0.5, 0.6) is 0 Å². The minimum absolute atomic E-state index is 0.771. The third-order valence-electron chi connectivity index (χ3n) is 5.43. The average Bonchev–Trinajstić information content (AvgIpc) is 2.67. The molecule has 1 aromatic heterocycles. The summed E-state index contributed by atoms with van der Waals surface area (Å²) in [5, 5.41) is 3.85. The molecule has 5 rings (SSSR count).